The van der Waals surface area contributed by atoms with Gasteiger partial charge in [0.2, 0.25) is 0 Å². The van der Waals surface area contributed by atoms with Crippen LogP contribution in [-0.4, -0.2) is 24.4 Å². The average Bonchev–Trinajstić information content (AvgIpc) is 2.16. The molecule has 1 rings (SSSR count). The standard InChI is InChI=1S/C10H20O2/c1-6(2)11-10-7(3)8(4)12-9(10)5/h6-10H,1-5H3/t7-,8+,9-,10?/m1/s1. The third-order valence-electron chi connectivity index (χ3n) is 2.58. The van der Waals surface area contributed by atoms with Crippen LogP contribution in [-0.2, 0) is 9.47 Å². The molecule has 1 aliphatic rings. The predicted octanol–water partition coefficient (Wildman–Crippen LogP) is 2.22. The van der Waals surface area contributed by atoms with Gasteiger partial charge in [0, 0.05) is 5.92 Å². The van der Waals surface area contributed by atoms with Gasteiger partial charge in [-0.05, 0) is 27.7 Å². The fourth-order valence-corrected chi connectivity index (χ4v) is 1.78. The Morgan fingerprint density at radius 3 is 2.00 bits per heavy atom. The minimum absolute atomic E-state index is 0.248. The van der Waals surface area contributed by atoms with Gasteiger partial charge in [-0.2, -0.15) is 0 Å². The highest BCUT2D eigenvalue weighted by molar-refractivity contribution is 4.85. The van der Waals surface area contributed by atoms with Crippen LogP contribution in [0.25, 0.3) is 0 Å². The maximum absolute atomic E-state index is 5.78. The lowest BCUT2D eigenvalue weighted by Gasteiger charge is -2.21. The molecule has 0 radical (unpaired) electrons. The van der Waals surface area contributed by atoms with Crippen LogP contribution in [0.3, 0.4) is 0 Å². The smallest absolute Gasteiger partial charge is 0.0887 e. The molecule has 0 aromatic carbocycles. The minimum Gasteiger partial charge on any atom is -0.372 e. The van der Waals surface area contributed by atoms with Gasteiger partial charge in [0.15, 0.2) is 0 Å². The lowest BCUT2D eigenvalue weighted by atomic mass is 10.00. The monoisotopic (exact) mass is 172 g/mol. The summed E-state index contributed by atoms with van der Waals surface area (Å²) in [6.45, 7) is 10.5. The van der Waals surface area contributed by atoms with Gasteiger partial charge in [0.1, 0.15) is 0 Å². The maximum atomic E-state index is 5.78. The molecule has 0 spiro atoms. The first-order chi connectivity index (χ1) is 5.52. The minimum atomic E-state index is 0.248. The summed E-state index contributed by atoms with van der Waals surface area (Å²) in [6.07, 6.45) is 1.16. The van der Waals surface area contributed by atoms with Gasteiger partial charge in [-0.25, -0.2) is 0 Å². The molecule has 0 saturated carbocycles. The number of hydrogen-bond acceptors (Lipinski definition) is 2. The Morgan fingerprint density at radius 2 is 1.67 bits per heavy atom. The Kier molecular flexibility index (Phi) is 3.13. The van der Waals surface area contributed by atoms with Crippen LogP contribution in [0, 0.1) is 5.92 Å². The van der Waals surface area contributed by atoms with Crippen molar-refractivity contribution >= 4 is 0 Å². The van der Waals surface area contributed by atoms with Crippen molar-refractivity contribution in [3.8, 4) is 0 Å². The summed E-state index contributed by atoms with van der Waals surface area (Å²) in [5, 5.41) is 0. The largest absolute Gasteiger partial charge is 0.372 e. The molecule has 2 nitrogen and oxygen atoms in total. The topological polar surface area (TPSA) is 18.5 Å². The molecule has 1 unspecified atom stereocenters. The zero-order valence-corrected chi connectivity index (χ0v) is 8.70. The van der Waals surface area contributed by atoms with Crippen LogP contribution in [0.15, 0.2) is 0 Å². The number of hydrogen-bond donors (Lipinski definition) is 0. The Balaban J connectivity index is 2.51. The highest BCUT2D eigenvalue weighted by Gasteiger charge is 2.37. The van der Waals surface area contributed by atoms with Crippen molar-refractivity contribution in [1.82, 2.24) is 0 Å². The van der Waals surface area contributed by atoms with E-state index in [-0.39, 0.29) is 12.2 Å². The summed E-state index contributed by atoms with van der Waals surface area (Å²) in [4.78, 5) is 0. The maximum Gasteiger partial charge on any atom is 0.0887 e. The second-order valence-corrected chi connectivity index (χ2v) is 4.05. The SMILES string of the molecule is CC(C)OC1[C@@H](C)O[C@@H](C)[C@H]1C. The van der Waals surface area contributed by atoms with Crippen molar-refractivity contribution in [2.75, 3.05) is 0 Å². The van der Waals surface area contributed by atoms with E-state index in [1.807, 2.05) is 0 Å². The predicted molar refractivity (Wildman–Crippen MR) is 49.2 cm³/mol. The Labute approximate surface area is 75.2 Å². The lowest BCUT2D eigenvalue weighted by molar-refractivity contribution is -0.0423. The molecule has 1 saturated heterocycles. The highest BCUT2D eigenvalue weighted by Crippen LogP contribution is 2.29. The summed E-state index contributed by atoms with van der Waals surface area (Å²) in [5.74, 6) is 0.516. The van der Waals surface area contributed by atoms with Crippen LogP contribution in [0.1, 0.15) is 34.6 Å². The van der Waals surface area contributed by atoms with Gasteiger partial charge in [-0.3, -0.25) is 0 Å². The van der Waals surface area contributed by atoms with E-state index < -0.39 is 0 Å². The Hall–Kier alpha value is -0.0800. The van der Waals surface area contributed by atoms with E-state index in [2.05, 4.69) is 34.6 Å². The van der Waals surface area contributed by atoms with Crippen LogP contribution in [0.4, 0.5) is 0 Å². The van der Waals surface area contributed by atoms with Crippen LogP contribution >= 0.6 is 0 Å². The van der Waals surface area contributed by atoms with Crippen molar-refractivity contribution in [1.29, 1.82) is 0 Å². The first-order valence-corrected chi connectivity index (χ1v) is 4.83. The van der Waals surface area contributed by atoms with Crippen molar-refractivity contribution < 1.29 is 9.47 Å². The fraction of sp³-hybridized carbons (Fsp3) is 1.00. The van der Waals surface area contributed by atoms with Crippen LogP contribution < -0.4 is 0 Å². The molecule has 4 atom stereocenters. The van der Waals surface area contributed by atoms with E-state index in [1.54, 1.807) is 0 Å². The molecule has 0 amide bonds. The zero-order chi connectivity index (χ0) is 9.30. The van der Waals surface area contributed by atoms with Crippen molar-refractivity contribution in [2.45, 2.75) is 59.0 Å². The number of rotatable bonds is 2. The van der Waals surface area contributed by atoms with Gasteiger partial charge in [0.25, 0.3) is 0 Å². The normalized spacial score (nSPS) is 42.5. The molecule has 12 heavy (non-hydrogen) atoms. The molecule has 1 heterocycles. The first kappa shape index (κ1) is 10.0. The third-order valence-corrected chi connectivity index (χ3v) is 2.58. The van der Waals surface area contributed by atoms with Crippen molar-refractivity contribution in [3.05, 3.63) is 0 Å². The van der Waals surface area contributed by atoms with Crippen molar-refractivity contribution in [3.63, 3.8) is 0 Å². The van der Waals surface area contributed by atoms with E-state index in [4.69, 9.17) is 9.47 Å². The van der Waals surface area contributed by atoms with Gasteiger partial charge in [-0.15, -0.1) is 0 Å². The molecule has 0 N–H and O–H groups in total. The summed E-state index contributed by atoms with van der Waals surface area (Å²) in [7, 11) is 0. The van der Waals surface area contributed by atoms with Gasteiger partial charge < -0.3 is 9.47 Å². The fourth-order valence-electron chi connectivity index (χ4n) is 1.78. The molecule has 1 fully saturated rings. The van der Waals surface area contributed by atoms with E-state index in [1.165, 1.54) is 0 Å². The molecule has 1 aliphatic heterocycles. The summed E-state index contributed by atoms with van der Waals surface area (Å²) < 4.78 is 11.4. The molecular formula is C10H20O2. The van der Waals surface area contributed by atoms with Gasteiger partial charge in [0.05, 0.1) is 24.4 Å². The number of ether oxygens (including phenoxy) is 2. The highest BCUT2D eigenvalue weighted by atomic mass is 16.6. The Bertz CT molecular complexity index is 145. The van der Waals surface area contributed by atoms with Crippen LogP contribution in [0.2, 0.25) is 0 Å². The second kappa shape index (κ2) is 3.75. The third kappa shape index (κ3) is 1.99. The molecule has 0 aliphatic carbocycles. The van der Waals surface area contributed by atoms with E-state index >= 15 is 0 Å². The quantitative estimate of drug-likeness (QED) is 0.636. The molecule has 2 heteroatoms. The zero-order valence-electron chi connectivity index (χ0n) is 8.70. The molecule has 0 aromatic rings. The van der Waals surface area contributed by atoms with Gasteiger partial charge in [-0.1, -0.05) is 6.92 Å². The molecule has 0 bridgehead atoms. The van der Waals surface area contributed by atoms with Crippen molar-refractivity contribution in [2.24, 2.45) is 5.92 Å². The molecular weight excluding hydrogens is 152 g/mol. The summed E-state index contributed by atoms with van der Waals surface area (Å²) in [5.41, 5.74) is 0. The van der Waals surface area contributed by atoms with E-state index in [9.17, 15) is 0 Å². The molecule has 72 valence electrons. The summed E-state index contributed by atoms with van der Waals surface area (Å²) in [6, 6.07) is 0. The second-order valence-electron chi connectivity index (χ2n) is 4.05. The summed E-state index contributed by atoms with van der Waals surface area (Å²) >= 11 is 0. The average molecular weight is 172 g/mol. The lowest BCUT2D eigenvalue weighted by Crippen LogP contribution is -2.29. The van der Waals surface area contributed by atoms with Crippen LogP contribution in [0.5, 0.6) is 0 Å². The Morgan fingerprint density at radius 1 is 1.08 bits per heavy atom. The van der Waals surface area contributed by atoms with E-state index in [0.29, 0.717) is 18.1 Å². The first-order valence-electron chi connectivity index (χ1n) is 4.83. The van der Waals surface area contributed by atoms with Gasteiger partial charge >= 0.3 is 0 Å². The van der Waals surface area contributed by atoms with E-state index in [0.717, 1.165) is 0 Å². The molecule has 0 aromatic heterocycles.